The fourth-order valence-electron chi connectivity index (χ4n) is 1.78. The lowest BCUT2D eigenvalue weighted by Gasteiger charge is -2.21. The molecular formula is C8H14N4O4S2. The van der Waals surface area contributed by atoms with Gasteiger partial charge in [-0.3, -0.25) is 5.10 Å². The molecule has 1 aromatic heterocycles. The fraction of sp³-hybridized carbons (Fsp3) is 0.750. The first-order valence-electron chi connectivity index (χ1n) is 5.42. The zero-order chi connectivity index (χ0) is 13.2. The summed E-state index contributed by atoms with van der Waals surface area (Å²) in [6, 6.07) is 0. The van der Waals surface area contributed by atoms with Crippen molar-refractivity contribution in [3.63, 3.8) is 0 Å². The summed E-state index contributed by atoms with van der Waals surface area (Å²) in [7, 11) is -6.57. The average molecular weight is 294 g/mol. The lowest BCUT2D eigenvalue weighted by atomic mass is 10.2. The highest BCUT2D eigenvalue weighted by atomic mass is 32.2. The molecule has 1 fully saturated rings. The van der Waals surface area contributed by atoms with Crippen LogP contribution < -0.4 is 4.72 Å². The normalized spacial score (nSPS) is 20.9. The molecule has 10 heteroatoms. The zero-order valence-corrected chi connectivity index (χ0v) is 11.2. The van der Waals surface area contributed by atoms with Gasteiger partial charge in [-0.2, -0.15) is 5.10 Å². The molecule has 2 heterocycles. The molecule has 0 unspecified atom stereocenters. The summed E-state index contributed by atoms with van der Waals surface area (Å²) >= 11 is 0. The molecule has 0 amide bonds. The third-order valence-electron chi connectivity index (χ3n) is 2.85. The lowest BCUT2D eigenvalue weighted by Crippen LogP contribution is -2.39. The molecule has 0 bridgehead atoms. The number of nitrogens with one attached hydrogen (secondary N) is 2. The van der Waals surface area contributed by atoms with Crippen molar-refractivity contribution in [2.45, 2.75) is 24.6 Å². The Kier molecular flexibility index (Phi) is 3.69. The Morgan fingerprint density at radius 2 is 2.06 bits per heavy atom. The molecule has 1 aromatic rings. The van der Waals surface area contributed by atoms with E-state index in [2.05, 4.69) is 19.9 Å². The predicted molar refractivity (Wildman–Crippen MR) is 63.8 cm³/mol. The zero-order valence-electron chi connectivity index (χ0n) is 9.53. The molecule has 0 aliphatic carbocycles. The van der Waals surface area contributed by atoms with E-state index in [1.807, 2.05) is 0 Å². The van der Waals surface area contributed by atoms with Crippen LogP contribution in [0.15, 0.2) is 6.33 Å². The number of nitrogens with zero attached hydrogens (tertiary/aromatic N) is 2. The number of H-pyrrole nitrogens is 1. The second-order valence-corrected chi connectivity index (χ2v) is 8.50. The van der Waals surface area contributed by atoms with Crippen molar-refractivity contribution < 1.29 is 16.8 Å². The minimum atomic E-state index is -3.51. The van der Waals surface area contributed by atoms with Crippen molar-refractivity contribution in [2.75, 3.05) is 11.5 Å². The maximum Gasteiger partial charge on any atom is 0.214 e. The van der Waals surface area contributed by atoms with E-state index < -0.39 is 25.1 Å². The quantitative estimate of drug-likeness (QED) is 0.719. The van der Waals surface area contributed by atoms with Crippen molar-refractivity contribution >= 4 is 19.9 Å². The van der Waals surface area contributed by atoms with Gasteiger partial charge < -0.3 is 0 Å². The van der Waals surface area contributed by atoms with Gasteiger partial charge in [0.05, 0.1) is 23.3 Å². The first kappa shape index (κ1) is 13.4. The first-order chi connectivity index (χ1) is 8.39. The Morgan fingerprint density at radius 3 is 2.61 bits per heavy atom. The first-order valence-corrected chi connectivity index (χ1v) is 8.79. The standard InChI is InChI=1S/C8H14N4O4S2/c13-17(14)3-1-7(2-4-17)18(15,16)11-5-8-9-6-10-12-8/h6-7,11H,1-5H2,(H,9,10,12). The fourth-order valence-corrected chi connectivity index (χ4v) is 5.00. The summed E-state index contributed by atoms with van der Waals surface area (Å²) in [6.07, 6.45) is 1.58. The summed E-state index contributed by atoms with van der Waals surface area (Å²) in [5.74, 6) is 0.281. The monoisotopic (exact) mass is 294 g/mol. The molecule has 0 aromatic carbocycles. The molecule has 0 radical (unpaired) electrons. The maximum atomic E-state index is 11.9. The maximum absolute atomic E-state index is 11.9. The second kappa shape index (κ2) is 4.94. The molecule has 2 rings (SSSR count). The van der Waals surface area contributed by atoms with Crippen molar-refractivity contribution in [3.8, 4) is 0 Å². The van der Waals surface area contributed by atoms with Crippen LogP contribution >= 0.6 is 0 Å². The third kappa shape index (κ3) is 3.27. The van der Waals surface area contributed by atoms with Gasteiger partial charge in [-0.25, -0.2) is 26.5 Å². The van der Waals surface area contributed by atoms with Crippen LogP contribution in [0, 0.1) is 0 Å². The molecule has 102 valence electrons. The molecule has 1 saturated heterocycles. The average Bonchev–Trinajstić information content (AvgIpc) is 2.79. The molecule has 0 spiro atoms. The summed E-state index contributed by atoms with van der Waals surface area (Å²) in [4.78, 5) is 3.80. The number of sulfonamides is 1. The Morgan fingerprint density at radius 1 is 1.39 bits per heavy atom. The van der Waals surface area contributed by atoms with Crippen LogP contribution in [0.25, 0.3) is 0 Å². The Balaban J connectivity index is 1.95. The van der Waals surface area contributed by atoms with Gasteiger partial charge in [0.15, 0.2) is 0 Å². The van der Waals surface area contributed by atoms with Crippen molar-refractivity contribution in [2.24, 2.45) is 0 Å². The van der Waals surface area contributed by atoms with Crippen LogP contribution in [-0.2, 0) is 26.4 Å². The second-order valence-electron chi connectivity index (χ2n) is 4.15. The van der Waals surface area contributed by atoms with E-state index in [9.17, 15) is 16.8 Å². The number of hydrogen-bond acceptors (Lipinski definition) is 6. The van der Waals surface area contributed by atoms with Crippen molar-refractivity contribution in [1.82, 2.24) is 19.9 Å². The number of hydrogen-bond donors (Lipinski definition) is 2. The summed E-state index contributed by atoms with van der Waals surface area (Å²) < 4.78 is 48.7. The molecule has 1 aliphatic rings. The highest BCUT2D eigenvalue weighted by Gasteiger charge is 2.32. The van der Waals surface area contributed by atoms with Gasteiger partial charge in [-0.05, 0) is 12.8 Å². The highest BCUT2D eigenvalue weighted by Crippen LogP contribution is 2.18. The van der Waals surface area contributed by atoms with E-state index in [1.165, 1.54) is 6.33 Å². The molecule has 0 atom stereocenters. The Labute approximate surface area is 105 Å². The molecule has 2 N–H and O–H groups in total. The van der Waals surface area contributed by atoms with Crippen LogP contribution in [0.3, 0.4) is 0 Å². The van der Waals surface area contributed by atoms with Crippen LogP contribution in [-0.4, -0.2) is 48.8 Å². The minimum absolute atomic E-state index is 0.0333. The number of aromatic nitrogens is 3. The summed E-state index contributed by atoms with van der Waals surface area (Å²) in [5.41, 5.74) is 0. The third-order valence-corrected chi connectivity index (χ3v) is 6.46. The van der Waals surface area contributed by atoms with E-state index in [-0.39, 0.29) is 30.9 Å². The van der Waals surface area contributed by atoms with Gasteiger partial charge in [0, 0.05) is 0 Å². The van der Waals surface area contributed by atoms with Gasteiger partial charge in [0.2, 0.25) is 10.0 Å². The van der Waals surface area contributed by atoms with Crippen LogP contribution in [0.5, 0.6) is 0 Å². The minimum Gasteiger partial charge on any atom is -0.262 e. The van der Waals surface area contributed by atoms with Crippen molar-refractivity contribution in [3.05, 3.63) is 12.2 Å². The topological polar surface area (TPSA) is 122 Å². The Bertz CT molecular complexity index is 579. The smallest absolute Gasteiger partial charge is 0.214 e. The van der Waals surface area contributed by atoms with Gasteiger partial charge in [0.1, 0.15) is 22.0 Å². The SMILES string of the molecule is O=S1(=O)CCC(S(=O)(=O)NCc2ncn[nH]2)CC1. The van der Waals surface area contributed by atoms with E-state index in [0.717, 1.165) is 0 Å². The van der Waals surface area contributed by atoms with Gasteiger partial charge in [-0.1, -0.05) is 0 Å². The van der Waals surface area contributed by atoms with Gasteiger partial charge in [0.25, 0.3) is 0 Å². The van der Waals surface area contributed by atoms with E-state index in [0.29, 0.717) is 5.82 Å². The molecule has 8 nitrogen and oxygen atoms in total. The number of rotatable bonds is 4. The molecule has 1 aliphatic heterocycles. The largest absolute Gasteiger partial charge is 0.262 e. The Hall–Kier alpha value is -1.00. The van der Waals surface area contributed by atoms with Gasteiger partial charge in [-0.15, -0.1) is 0 Å². The van der Waals surface area contributed by atoms with Crippen LogP contribution in [0.2, 0.25) is 0 Å². The summed E-state index contributed by atoms with van der Waals surface area (Å²) in [5, 5.41) is 5.50. The van der Waals surface area contributed by atoms with Crippen molar-refractivity contribution in [1.29, 1.82) is 0 Å². The predicted octanol–water partition coefficient (Wildman–Crippen LogP) is -1.20. The molecular weight excluding hydrogens is 280 g/mol. The highest BCUT2D eigenvalue weighted by molar-refractivity contribution is 7.92. The van der Waals surface area contributed by atoms with E-state index >= 15 is 0 Å². The number of sulfone groups is 1. The lowest BCUT2D eigenvalue weighted by molar-refractivity contribution is 0.541. The molecule has 0 saturated carbocycles. The van der Waals surface area contributed by atoms with Crippen LogP contribution in [0.1, 0.15) is 18.7 Å². The van der Waals surface area contributed by atoms with E-state index in [4.69, 9.17) is 0 Å². The summed E-state index contributed by atoms with van der Waals surface area (Å²) in [6.45, 7) is 0.0333. The van der Waals surface area contributed by atoms with Crippen LogP contribution in [0.4, 0.5) is 0 Å². The number of aromatic amines is 1. The van der Waals surface area contributed by atoms with E-state index in [1.54, 1.807) is 0 Å². The molecule has 18 heavy (non-hydrogen) atoms. The van der Waals surface area contributed by atoms with Gasteiger partial charge >= 0.3 is 0 Å².